The molecule has 0 N–H and O–H groups in total. The Labute approximate surface area is 159 Å². The van der Waals surface area contributed by atoms with Gasteiger partial charge in [-0.25, -0.2) is 0 Å². The van der Waals surface area contributed by atoms with Gasteiger partial charge >= 0.3 is 5.97 Å². The number of fused-ring (bicyclic) bond motifs is 1. The van der Waals surface area contributed by atoms with Gasteiger partial charge in [0.25, 0.3) is 0 Å². The molecule has 7 heteroatoms. The summed E-state index contributed by atoms with van der Waals surface area (Å²) in [6.07, 6.45) is -0.361. The molecule has 3 rings (SSSR count). The Balaban J connectivity index is 1.98. The van der Waals surface area contributed by atoms with Crippen molar-refractivity contribution in [3.63, 3.8) is 0 Å². The summed E-state index contributed by atoms with van der Waals surface area (Å²) < 4.78 is 22.0. The van der Waals surface area contributed by atoms with Gasteiger partial charge < -0.3 is 18.9 Å². The van der Waals surface area contributed by atoms with Crippen LogP contribution in [0.15, 0.2) is 34.8 Å². The number of benzene rings is 2. The topological polar surface area (TPSA) is 71.1 Å². The number of Topliss-reactive ketones (excluding diaryl/α,β-unsaturated/α-hetero) is 1. The maximum atomic E-state index is 12.4. The molecule has 0 saturated carbocycles. The van der Waals surface area contributed by atoms with Gasteiger partial charge in [-0.15, -0.1) is 0 Å². The van der Waals surface area contributed by atoms with Crippen LogP contribution in [0.1, 0.15) is 18.1 Å². The van der Waals surface area contributed by atoms with E-state index in [1.54, 1.807) is 7.11 Å². The molecule has 0 radical (unpaired) electrons. The van der Waals surface area contributed by atoms with E-state index in [0.29, 0.717) is 5.75 Å². The lowest BCUT2D eigenvalue weighted by atomic mass is 9.91. The monoisotopic (exact) mass is 422 g/mol. The van der Waals surface area contributed by atoms with Crippen molar-refractivity contribution < 1.29 is 28.5 Å². The molecule has 138 valence electrons. The molecule has 2 unspecified atom stereocenters. The highest BCUT2D eigenvalue weighted by Gasteiger charge is 2.36. The standard InChI is InChI=1S/C19H19BrO6/c1-23-10-26-12-6-11-4-3-5-15(20)18(11)13(7-12)17-8-16(21)14(9-25-17)19(22)24-2/h3-7,14,17H,8-10H2,1-2H3. The minimum absolute atomic E-state index is 0.00523. The number of carbonyl (C=O) groups excluding carboxylic acids is 2. The number of esters is 1. The fourth-order valence-electron chi connectivity index (χ4n) is 3.08. The second-order valence-corrected chi connectivity index (χ2v) is 6.82. The number of ether oxygens (including phenoxy) is 4. The summed E-state index contributed by atoms with van der Waals surface area (Å²) in [4.78, 5) is 24.1. The third kappa shape index (κ3) is 3.75. The predicted octanol–water partition coefficient (Wildman–Crippen LogP) is 3.40. The molecule has 1 heterocycles. The Morgan fingerprint density at radius 3 is 2.81 bits per heavy atom. The van der Waals surface area contributed by atoms with Crippen molar-refractivity contribution in [2.75, 3.05) is 27.6 Å². The van der Waals surface area contributed by atoms with Gasteiger partial charge in [0.15, 0.2) is 12.6 Å². The summed E-state index contributed by atoms with van der Waals surface area (Å²) in [6, 6.07) is 9.58. The van der Waals surface area contributed by atoms with E-state index in [2.05, 4.69) is 20.7 Å². The quantitative estimate of drug-likeness (QED) is 0.417. The van der Waals surface area contributed by atoms with Gasteiger partial charge in [0.2, 0.25) is 0 Å². The molecular weight excluding hydrogens is 404 g/mol. The lowest BCUT2D eigenvalue weighted by Gasteiger charge is -2.28. The van der Waals surface area contributed by atoms with Crippen molar-refractivity contribution in [2.24, 2.45) is 5.92 Å². The van der Waals surface area contributed by atoms with E-state index in [1.807, 2.05) is 30.3 Å². The average Bonchev–Trinajstić information content (AvgIpc) is 2.65. The number of halogens is 1. The number of rotatable bonds is 5. The first-order valence-corrected chi connectivity index (χ1v) is 8.90. The molecule has 0 spiro atoms. The van der Waals surface area contributed by atoms with Crippen LogP contribution in [0.4, 0.5) is 0 Å². The highest BCUT2D eigenvalue weighted by Crippen LogP contribution is 2.39. The van der Waals surface area contributed by atoms with Crippen molar-refractivity contribution in [2.45, 2.75) is 12.5 Å². The smallest absolute Gasteiger partial charge is 0.318 e. The van der Waals surface area contributed by atoms with E-state index >= 15 is 0 Å². The average molecular weight is 423 g/mol. The van der Waals surface area contributed by atoms with Crippen LogP contribution in [0, 0.1) is 5.92 Å². The molecule has 0 bridgehead atoms. The van der Waals surface area contributed by atoms with Gasteiger partial charge in [0.05, 0.1) is 19.8 Å². The number of hydrogen-bond donors (Lipinski definition) is 0. The summed E-state index contributed by atoms with van der Waals surface area (Å²) in [7, 11) is 2.82. The van der Waals surface area contributed by atoms with E-state index < -0.39 is 18.0 Å². The van der Waals surface area contributed by atoms with Gasteiger partial charge in [0.1, 0.15) is 11.7 Å². The Morgan fingerprint density at radius 1 is 1.31 bits per heavy atom. The molecule has 1 saturated heterocycles. The predicted molar refractivity (Wildman–Crippen MR) is 98.0 cm³/mol. The van der Waals surface area contributed by atoms with Gasteiger partial charge in [-0.1, -0.05) is 28.1 Å². The maximum absolute atomic E-state index is 12.4. The van der Waals surface area contributed by atoms with Crippen molar-refractivity contribution in [1.29, 1.82) is 0 Å². The Kier molecular flexibility index (Phi) is 5.90. The molecule has 1 aliphatic rings. The first-order valence-electron chi connectivity index (χ1n) is 8.11. The molecule has 6 nitrogen and oxygen atoms in total. The van der Waals surface area contributed by atoms with Crippen LogP contribution in [-0.2, 0) is 23.8 Å². The summed E-state index contributed by atoms with van der Waals surface area (Å²) >= 11 is 3.57. The zero-order valence-corrected chi connectivity index (χ0v) is 16.1. The van der Waals surface area contributed by atoms with Gasteiger partial charge in [-0.2, -0.15) is 0 Å². The molecule has 0 aromatic heterocycles. The molecule has 26 heavy (non-hydrogen) atoms. The molecule has 1 fully saturated rings. The summed E-state index contributed by atoms with van der Waals surface area (Å²) in [5.74, 6) is -0.981. The number of carbonyl (C=O) groups is 2. The lowest BCUT2D eigenvalue weighted by Crippen LogP contribution is -2.36. The fraction of sp³-hybridized carbons (Fsp3) is 0.368. The van der Waals surface area contributed by atoms with Crippen molar-refractivity contribution in [3.05, 3.63) is 40.4 Å². The van der Waals surface area contributed by atoms with Crippen LogP contribution >= 0.6 is 15.9 Å². The number of hydrogen-bond acceptors (Lipinski definition) is 6. The fourth-order valence-corrected chi connectivity index (χ4v) is 3.69. The SMILES string of the molecule is COCOc1cc(C2CC(=O)C(C(=O)OC)CO2)c2c(Br)cccc2c1. The Hall–Kier alpha value is -1.96. The van der Waals surface area contributed by atoms with Crippen molar-refractivity contribution in [3.8, 4) is 5.75 Å². The van der Waals surface area contributed by atoms with Crippen LogP contribution in [0.25, 0.3) is 10.8 Å². The lowest BCUT2D eigenvalue weighted by molar-refractivity contribution is -0.158. The van der Waals surface area contributed by atoms with E-state index in [0.717, 1.165) is 20.8 Å². The zero-order chi connectivity index (χ0) is 18.7. The first kappa shape index (κ1) is 18.8. The van der Waals surface area contributed by atoms with Crippen molar-refractivity contribution >= 4 is 38.5 Å². The summed E-state index contributed by atoms with van der Waals surface area (Å²) in [6.45, 7) is 0.124. The Bertz CT molecular complexity index is 834. The van der Waals surface area contributed by atoms with E-state index in [1.165, 1.54) is 7.11 Å². The normalized spacial score (nSPS) is 20.2. The molecule has 2 aromatic rings. The van der Waals surface area contributed by atoms with Crippen LogP contribution in [-0.4, -0.2) is 39.4 Å². The van der Waals surface area contributed by atoms with Crippen LogP contribution in [0.3, 0.4) is 0 Å². The summed E-state index contributed by atoms with van der Waals surface area (Å²) in [5, 5.41) is 1.90. The number of ketones is 1. The molecule has 1 aliphatic heterocycles. The van der Waals surface area contributed by atoms with E-state index in [4.69, 9.17) is 14.2 Å². The highest BCUT2D eigenvalue weighted by molar-refractivity contribution is 9.10. The van der Waals surface area contributed by atoms with E-state index in [9.17, 15) is 9.59 Å². The van der Waals surface area contributed by atoms with E-state index in [-0.39, 0.29) is 25.6 Å². The second-order valence-electron chi connectivity index (χ2n) is 5.97. The molecule has 2 atom stereocenters. The first-order chi connectivity index (χ1) is 12.5. The number of methoxy groups -OCH3 is 2. The second kappa shape index (κ2) is 8.16. The minimum Gasteiger partial charge on any atom is -0.468 e. The van der Waals surface area contributed by atoms with Gasteiger partial charge in [0, 0.05) is 23.4 Å². The third-order valence-electron chi connectivity index (χ3n) is 4.35. The third-order valence-corrected chi connectivity index (χ3v) is 5.01. The highest BCUT2D eigenvalue weighted by atomic mass is 79.9. The Morgan fingerprint density at radius 2 is 2.12 bits per heavy atom. The van der Waals surface area contributed by atoms with Gasteiger partial charge in [-0.3, -0.25) is 9.59 Å². The molecular formula is C19H19BrO6. The van der Waals surface area contributed by atoms with Crippen LogP contribution in [0.2, 0.25) is 0 Å². The van der Waals surface area contributed by atoms with Crippen LogP contribution in [0.5, 0.6) is 5.75 Å². The van der Waals surface area contributed by atoms with Crippen LogP contribution < -0.4 is 4.74 Å². The molecule has 2 aromatic carbocycles. The van der Waals surface area contributed by atoms with Crippen molar-refractivity contribution in [1.82, 2.24) is 0 Å². The summed E-state index contributed by atoms with van der Waals surface area (Å²) in [5.41, 5.74) is 0.831. The zero-order valence-electron chi connectivity index (χ0n) is 14.5. The maximum Gasteiger partial charge on any atom is 0.318 e. The molecule has 0 amide bonds. The largest absolute Gasteiger partial charge is 0.468 e. The minimum atomic E-state index is -0.862. The van der Waals surface area contributed by atoms with Gasteiger partial charge in [-0.05, 0) is 29.1 Å². The molecule has 0 aliphatic carbocycles.